The van der Waals surface area contributed by atoms with Crippen LogP contribution >= 0.6 is 0 Å². The standard InChI is InChI=1S/C30H32F3N5O3/c1-17-11-18(13-19(34)12-17)21-6-7-35-16-26(21)37-30(40)25-5-4-22(31)29(36-25)28-23(32)14-20(15-24(28)33)41-10-9-38-8-2-3-27(38)39/h4-7,14-19H,2-3,8-13,34H2,1H3,(H,37,40)/t17-,18+,19-/m0/s1. The summed E-state index contributed by atoms with van der Waals surface area (Å²) in [6.45, 7) is 3.11. The number of nitrogens with zero attached hydrogens (tertiary/aromatic N) is 3. The molecule has 216 valence electrons. The van der Waals surface area contributed by atoms with Gasteiger partial charge in [0.05, 0.1) is 24.0 Å². The van der Waals surface area contributed by atoms with Gasteiger partial charge in [-0.3, -0.25) is 14.6 Å². The molecule has 0 bridgehead atoms. The van der Waals surface area contributed by atoms with Gasteiger partial charge in [-0.1, -0.05) is 6.92 Å². The van der Waals surface area contributed by atoms with Crippen LogP contribution < -0.4 is 15.8 Å². The molecule has 0 unspecified atom stereocenters. The molecule has 1 saturated heterocycles. The summed E-state index contributed by atoms with van der Waals surface area (Å²) in [5.41, 5.74) is 6.03. The minimum absolute atomic E-state index is 0.0133. The van der Waals surface area contributed by atoms with Gasteiger partial charge >= 0.3 is 0 Å². The Labute approximate surface area is 236 Å². The fourth-order valence-electron chi connectivity index (χ4n) is 5.78. The molecule has 2 aliphatic rings. The lowest BCUT2D eigenvalue weighted by Crippen LogP contribution is -2.31. The Morgan fingerprint density at radius 2 is 1.90 bits per heavy atom. The van der Waals surface area contributed by atoms with Gasteiger partial charge in [0.25, 0.3) is 5.91 Å². The molecule has 41 heavy (non-hydrogen) atoms. The van der Waals surface area contributed by atoms with Crippen molar-refractivity contribution < 1.29 is 27.5 Å². The Balaban J connectivity index is 1.33. The third-order valence-corrected chi connectivity index (χ3v) is 7.65. The van der Waals surface area contributed by atoms with Crippen LogP contribution in [-0.2, 0) is 4.79 Å². The van der Waals surface area contributed by atoms with Crippen molar-refractivity contribution in [2.45, 2.75) is 51.0 Å². The highest BCUT2D eigenvalue weighted by molar-refractivity contribution is 6.03. The molecule has 3 atom stereocenters. The zero-order valence-corrected chi connectivity index (χ0v) is 22.7. The Kier molecular flexibility index (Phi) is 8.53. The molecule has 1 aliphatic carbocycles. The van der Waals surface area contributed by atoms with Crippen molar-refractivity contribution in [2.75, 3.05) is 25.0 Å². The second-order valence-electron chi connectivity index (χ2n) is 10.8. The van der Waals surface area contributed by atoms with Crippen LogP contribution in [0.4, 0.5) is 18.9 Å². The minimum atomic E-state index is -1.10. The van der Waals surface area contributed by atoms with Gasteiger partial charge in [-0.05, 0) is 61.3 Å². The first-order chi connectivity index (χ1) is 19.7. The third kappa shape index (κ3) is 6.51. The predicted octanol–water partition coefficient (Wildman–Crippen LogP) is 5.05. The first-order valence-electron chi connectivity index (χ1n) is 13.8. The lowest BCUT2D eigenvalue weighted by molar-refractivity contribution is -0.128. The van der Waals surface area contributed by atoms with Gasteiger partial charge in [0.15, 0.2) is 0 Å². The van der Waals surface area contributed by atoms with Gasteiger partial charge in [-0.2, -0.15) is 0 Å². The number of nitrogens with two attached hydrogens (primary N) is 1. The van der Waals surface area contributed by atoms with Crippen molar-refractivity contribution >= 4 is 17.5 Å². The Morgan fingerprint density at radius 1 is 1.12 bits per heavy atom. The molecular weight excluding hydrogens is 535 g/mol. The van der Waals surface area contributed by atoms with Crippen molar-refractivity contribution in [3.63, 3.8) is 0 Å². The number of carbonyl (C=O) groups is 2. The maximum absolute atomic E-state index is 15.1. The minimum Gasteiger partial charge on any atom is -0.492 e. The molecule has 0 radical (unpaired) electrons. The van der Waals surface area contributed by atoms with E-state index in [0.717, 1.165) is 55.5 Å². The van der Waals surface area contributed by atoms with E-state index in [1.807, 2.05) is 6.07 Å². The second kappa shape index (κ2) is 12.3. The van der Waals surface area contributed by atoms with Crippen molar-refractivity contribution in [1.82, 2.24) is 14.9 Å². The first-order valence-corrected chi connectivity index (χ1v) is 13.8. The average molecular weight is 568 g/mol. The third-order valence-electron chi connectivity index (χ3n) is 7.65. The van der Waals surface area contributed by atoms with Gasteiger partial charge in [0, 0.05) is 37.3 Å². The topological polar surface area (TPSA) is 110 Å². The van der Waals surface area contributed by atoms with E-state index in [9.17, 15) is 14.0 Å². The predicted molar refractivity (Wildman–Crippen MR) is 147 cm³/mol. The molecular formula is C30H32F3N5O3. The van der Waals surface area contributed by atoms with Crippen LogP contribution in [0.5, 0.6) is 5.75 Å². The van der Waals surface area contributed by atoms with E-state index in [2.05, 4.69) is 22.2 Å². The number of amides is 2. The highest BCUT2D eigenvalue weighted by atomic mass is 19.1. The number of carbonyl (C=O) groups excluding carboxylic acids is 2. The fraction of sp³-hybridized carbons (Fsp3) is 0.400. The molecule has 11 heteroatoms. The molecule has 3 heterocycles. The van der Waals surface area contributed by atoms with Crippen molar-refractivity contribution in [1.29, 1.82) is 0 Å². The van der Waals surface area contributed by atoms with E-state index in [-0.39, 0.29) is 35.9 Å². The lowest BCUT2D eigenvalue weighted by Gasteiger charge is -2.32. The number of aromatic nitrogens is 2. The SMILES string of the molecule is C[C@@H]1C[C@H](N)C[C@H](c2ccncc2NC(=O)c2ccc(F)c(-c3c(F)cc(OCCN4CCCC4=O)cc3F)n2)C1. The summed E-state index contributed by atoms with van der Waals surface area (Å²) in [5, 5.41) is 2.78. The number of halogens is 3. The summed E-state index contributed by atoms with van der Waals surface area (Å²) in [6, 6.07) is 5.84. The monoisotopic (exact) mass is 567 g/mol. The zero-order valence-electron chi connectivity index (χ0n) is 22.7. The van der Waals surface area contributed by atoms with Crippen molar-refractivity contribution in [3.8, 4) is 17.0 Å². The van der Waals surface area contributed by atoms with Gasteiger partial charge in [0.2, 0.25) is 5.91 Å². The van der Waals surface area contributed by atoms with Crippen LogP contribution in [0, 0.1) is 23.4 Å². The summed E-state index contributed by atoms with van der Waals surface area (Å²) in [7, 11) is 0. The number of anilines is 1. The maximum atomic E-state index is 15.1. The van der Waals surface area contributed by atoms with Crippen molar-refractivity contribution in [3.05, 3.63) is 71.4 Å². The van der Waals surface area contributed by atoms with E-state index in [1.165, 1.54) is 6.20 Å². The summed E-state index contributed by atoms with van der Waals surface area (Å²) < 4.78 is 50.3. The molecule has 1 aromatic carbocycles. The summed E-state index contributed by atoms with van der Waals surface area (Å²) in [6.07, 6.45) is 7.04. The molecule has 2 amide bonds. The van der Waals surface area contributed by atoms with Crippen LogP contribution in [0.1, 0.15) is 61.0 Å². The number of rotatable bonds is 8. The number of benzene rings is 1. The number of hydrogen-bond donors (Lipinski definition) is 2. The summed E-state index contributed by atoms with van der Waals surface area (Å²) in [4.78, 5) is 34.6. The number of nitrogens with one attached hydrogen (secondary N) is 1. The quantitative estimate of drug-likeness (QED) is 0.395. The molecule has 1 saturated carbocycles. The maximum Gasteiger partial charge on any atom is 0.274 e. The van der Waals surface area contributed by atoms with E-state index >= 15 is 8.78 Å². The van der Waals surface area contributed by atoms with Crippen LogP contribution in [0.3, 0.4) is 0 Å². The van der Waals surface area contributed by atoms with E-state index < -0.39 is 34.6 Å². The Hall–Kier alpha value is -3.99. The fourth-order valence-corrected chi connectivity index (χ4v) is 5.78. The van der Waals surface area contributed by atoms with E-state index in [4.69, 9.17) is 10.5 Å². The average Bonchev–Trinajstić information content (AvgIpc) is 3.33. The Morgan fingerprint density at radius 3 is 2.61 bits per heavy atom. The van der Waals surface area contributed by atoms with Crippen molar-refractivity contribution in [2.24, 2.45) is 11.7 Å². The normalized spacial score (nSPS) is 20.8. The molecule has 0 spiro atoms. The highest BCUT2D eigenvalue weighted by Gasteiger charge is 2.28. The zero-order chi connectivity index (χ0) is 29.1. The molecule has 3 aromatic rings. The largest absolute Gasteiger partial charge is 0.492 e. The molecule has 2 aromatic heterocycles. The smallest absolute Gasteiger partial charge is 0.274 e. The Bertz CT molecular complexity index is 1420. The molecule has 1 aliphatic heterocycles. The van der Waals surface area contributed by atoms with Gasteiger partial charge in [0.1, 0.15) is 41.2 Å². The van der Waals surface area contributed by atoms with Gasteiger partial charge < -0.3 is 20.7 Å². The highest BCUT2D eigenvalue weighted by Crippen LogP contribution is 2.38. The lowest BCUT2D eigenvalue weighted by atomic mass is 9.76. The van der Waals surface area contributed by atoms with Crippen LogP contribution in [0.15, 0.2) is 42.7 Å². The van der Waals surface area contributed by atoms with Gasteiger partial charge in [-0.15, -0.1) is 0 Å². The van der Waals surface area contributed by atoms with Gasteiger partial charge in [-0.25, -0.2) is 18.2 Å². The number of pyridine rings is 2. The second-order valence-corrected chi connectivity index (χ2v) is 10.8. The molecule has 8 nitrogen and oxygen atoms in total. The summed E-state index contributed by atoms with van der Waals surface area (Å²) in [5.74, 6) is -3.40. The molecule has 3 N–H and O–H groups in total. The van der Waals surface area contributed by atoms with Crippen LogP contribution in [0.25, 0.3) is 11.3 Å². The first kappa shape index (κ1) is 28.5. The summed E-state index contributed by atoms with van der Waals surface area (Å²) >= 11 is 0. The molecule has 5 rings (SSSR count). The van der Waals surface area contributed by atoms with Crippen LogP contribution in [-0.4, -0.2) is 52.4 Å². The molecule has 2 fully saturated rings. The number of likely N-dealkylation sites (tertiary alicyclic amines) is 1. The number of hydrogen-bond acceptors (Lipinski definition) is 6. The van der Waals surface area contributed by atoms with E-state index in [1.54, 1.807) is 11.1 Å². The number of ether oxygens (including phenoxy) is 1. The van der Waals surface area contributed by atoms with E-state index in [0.29, 0.717) is 31.1 Å². The van der Waals surface area contributed by atoms with Crippen LogP contribution in [0.2, 0.25) is 0 Å².